The molecule has 0 unspecified atom stereocenters. The summed E-state index contributed by atoms with van der Waals surface area (Å²) in [6, 6.07) is 7.70. The number of aromatic nitrogens is 3. The number of hydrogen-bond donors (Lipinski definition) is 3. The number of amides is 1. The molecule has 6 heteroatoms. The number of hydrogen-bond acceptors (Lipinski definition) is 4. The van der Waals surface area contributed by atoms with E-state index in [1.807, 2.05) is 24.3 Å². The lowest BCUT2D eigenvalue weighted by atomic mass is 10.3. The van der Waals surface area contributed by atoms with Crippen molar-refractivity contribution >= 4 is 16.9 Å². The summed E-state index contributed by atoms with van der Waals surface area (Å²) < 4.78 is 0. The topological polar surface area (TPSA) is 82.7 Å². The average Bonchev–Trinajstić information content (AvgIpc) is 2.88. The number of fused-ring (bicyclic) bond motifs is 1. The first-order valence-electron chi connectivity index (χ1n) is 4.63. The van der Waals surface area contributed by atoms with Gasteiger partial charge in [0.05, 0.1) is 0 Å². The fraction of sp³-hybridized carbons (Fsp3) is 0.222. The van der Waals surface area contributed by atoms with E-state index in [4.69, 9.17) is 0 Å². The Kier molecular flexibility index (Phi) is 2.89. The van der Waals surface area contributed by atoms with Crippen LogP contribution >= 0.6 is 0 Å². The van der Waals surface area contributed by atoms with Gasteiger partial charge in [-0.2, -0.15) is 15.4 Å². The average molecular weight is 205 g/mol. The van der Waals surface area contributed by atoms with Crippen LogP contribution in [0.3, 0.4) is 0 Å². The molecule has 0 spiro atoms. The number of hydrazine groups is 1. The zero-order valence-corrected chi connectivity index (χ0v) is 8.03. The zero-order chi connectivity index (χ0) is 10.5. The minimum Gasteiger partial charge on any atom is -0.292 e. The van der Waals surface area contributed by atoms with Crippen molar-refractivity contribution in [1.82, 2.24) is 26.3 Å². The fourth-order valence-corrected chi connectivity index (χ4v) is 1.19. The smallest absolute Gasteiger partial charge is 0.235 e. The summed E-state index contributed by atoms with van der Waals surface area (Å²) in [6.07, 6.45) is 0.625. The van der Waals surface area contributed by atoms with E-state index in [-0.39, 0.29) is 5.91 Å². The second-order valence-electron chi connectivity index (χ2n) is 3.04. The molecular formula is C9H11N5O. The Morgan fingerprint density at radius 3 is 2.20 bits per heavy atom. The Bertz CT molecular complexity index is 414. The molecule has 2 heterocycles. The second kappa shape index (κ2) is 4.52. The van der Waals surface area contributed by atoms with E-state index < -0.39 is 0 Å². The lowest BCUT2D eigenvalue weighted by Crippen LogP contribution is -2.25. The van der Waals surface area contributed by atoms with Gasteiger partial charge in [-0.3, -0.25) is 10.2 Å². The second-order valence-corrected chi connectivity index (χ2v) is 3.04. The van der Waals surface area contributed by atoms with E-state index in [1.54, 1.807) is 0 Å². The van der Waals surface area contributed by atoms with Gasteiger partial charge in [-0.05, 0) is 12.1 Å². The molecule has 0 aliphatic carbocycles. The Labute approximate surface area is 86.0 Å². The number of rotatable bonds is 0. The molecule has 78 valence electrons. The third-order valence-electron chi connectivity index (χ3n) is 1.93. The van der Waals surface area contributed by atoms with Crippen molar-refractivity contribution in [1.29, 1.82) is 0 Å². The molecule has 2 aromatic rings. The minimum atomic E-state index is 0.0926. The highest BCUT2D eigenvalue weighted by molar-refractivity contribution is 5.77. The van der Waals surface area contributed by atoms with Gasteiger partial charge in [-0.1, -0.05) is 12.1 Å². The van der Waals surface area contributed by atoms with Crippen LogP contribution in [0.5, 0.6) is 0 Å². The summed E-state index contributed by atoms with van der Waals surface area (Å²) in [5.74, 6) is 0.0926. The van der Waals surface area contributed by atoms with Crippen LogP contribution in [0.1, 0.15) is 6.42 Å². The van der Waals surface area contributed by atoms with Gasteiger partial charge < -0.3 is 0 Å². The summed E-state index contributed by atoms with van der Waals surface area (Å²) >= 11 is 0. The molecule has 1 aromatic carbocycles. The zero-order valence-electron chi connectivity index (χ0n) is 8.03. The molecule has 1 aliphatic heterocycles. The van der Waals surface area contributed by atoms with E-state index in [2.05, 4.69) is 26.3 Å². The SMILES string of the molecule is O=C1CCNN1.c1ccc2n[nH]nc2c1. The van der Waals surface area contributed by atoms with Crippen LogP contribution in [0.2, 0.25) is 0 Å². The Morgan fingerprint density at radius 2 is 1.80 bits per heavy atom. The van der Waals surface area contributed by atoms with Crippen LogP contribution in [0.15, 0.2) is 24.3 Å². The first kappa shape index (κ1) is 9.60. The molecule has 1 aliphatic rings. The van der Waals surface area contributed by atoms with Gasteiger partial charge in [-0.25, -0.2) is 5.43 Å². The standard InChI is InChI=1S/C6H5N3.C3H6N2O/c1-2-4-6-5(3-1)7-9-8-6;6-3-1-2-4-5-3/h1-4H,(H,7,8,9);4H,1-2H2,(H,5,6). The number of carbonyl (C=O) groups excluding carboxylic acids is 1. The fourth-order valence-electron chi connectivity index (χ4n) is 1.19. The predicted octanol–water partition coefficient (Wildman–Crippen LogP) is -0.0312. The molecule has 15 heavy (non-hydrogen) atoms. The number of nitrogens with zero attached hydrogens (tertiary/aromatic N) is 2. The minimum absolute atomic E-state index is 0.0926. The third kappa shape index (κ3) is 2.50. The maximum absolute atomic E-state index is 10.1. The van der Waals surface area contributed by atoms with E-state index in [0.29, 0.717) is 6.42 Å². The Hall–Kier alpha value is -1.95. The largest absolute Gasteiger partial charge is 0.292 e. The van der Waals surface area contributed by atoms with Gasteiger partial charge >= 0.3 is 0 Å². The lowest BCUT2D eigenvalue weighted by Gasteiger charge is -1.83. The van der Waals surface area contributed by atoms with Crippen LogP contribution in [-0.4, -0.2) is 27.9 Å². The van der Waals surface area contributed by atoms with Crippen molar-refractivity contribution in [3.63, 3.8) is 0 Å². The molecule has 1 fully saturated rings. The molecule has 1 saturated heterocycles. The number of para-hydroxylation sites is 2. The molecule has 3 rings (SSSR count). The molecule has 0 bridgehead atoms. The van der Waals surface area contributed by atoms with Gasteiger partial charge in [0.1, 0.15) is 11.0 Å². The maximum atomic E-state index is 10.1. The van der Waals surface area contributed by atoms with Gasteiger partial charge in [0, 0.05) is 13.0 Å². The summed E-state index contributed by atoms with van der Waals surface area (Å²) in [5.41, 5.74) is 6.93. The summed E-state index contributed by atoms with van der Waals surface area (Å²) in [5, 5.41) is 10.3. The van der Waals surface area contributed by atoms with Crippen LogP contribution in [0.4, 0.5) is 0 Å². The first-order chi connectivity index (χ1) is 7.36. The molecule has 0 atom stereocenters. The Morgan fingerprint density at radius 1 is 1.13 bits per heavy atom. The molecule has 0 saturated carbocycles. The number of carbonyl (C=O) groups is 1. The van der Waals surface area contributed by atoms with E-state index in [9.17, 15) is 4.79 Å². The quantitative estimate of drug-likeness (QED) is 0.564. The molecule has 6 nitrogen and oxygen atoms in total. The van der Waals surface area contributed by atoms with E-state index in [1.165, 1.54) is 0 Å². The first-order valence-corrected chi connectivity index (χ1v) is 4.63. The van der Waals surface area contributed by atoms with Crippen molar-refractivity contribution in [3.05, 3.63) is 24.3 Å². The van der Waals surface area contributed by atoms with Gasteiger partial charge in [-0.15, -0.1) is 0 Å². The molecule has 3 N–H and O–H groups in total. The highest BCUT2D eigenvalue weighted by Gasteiger charge is 2.04. The molecule has 1 amide bonds. The van der Waals surface area contributed by atoms with E-state index in [0.717, 1.165) is 17.6 Å². The summed E-state index contributed by atoms with van der Waals surface area (Å²) in [6.45, 7) is 0.777. The number of nitrogens with one attached hydrogen (secondary N) is 3. The van der Waals surface area contributed by atoms with Crippen LogP contribution < -0.4 is 10.9 Å². The van der Waals surface area contributed by atoms with Crippen LogP contribution in [0, 0.1) is 0 Å². The molecule has 0 radical (unpaired) electrons. The monoisotopic (exact) mass is 205 g/mol. The normalized spacial score (nSPS) is 14.5. The van der Waals surface area contributed by atoms with Crippen molar-refractivity contribution in [2.75, 3.05) is 6.54 Å². The third-order valence-corrected chi connectivity index (χ3v) is 1.93. The van der Waals surface area contributed by atoms with Gasteiger partial charge in [0.15, 0.2) is 0 Å². The lowest BCUT2D eigenvalue weighted by molar-refractivity contribution is -0.119. The van der Waals surface area contributed by atoms with Gasteiger partial charge in [0.2, 0.25) is 5.91 Å². The number of aromatic amines is 1. The van der Waals surface area contributed by atoms with Gasteiger partial charge in [0.25, 0.3) is 0 Å². The van der Waals surface area contributed by atoms with Crippen LogP contribution in [0.25, 0.3) is 11.0 Å². The van der Waals surface area contributed by atoms with Crippen LogP contribution in [-0.2, 0) is 4.79 Å². The predicted molar refractivity (Wildman–Crippen MR) is 54.7 cm³/mol. The summed E-state index contributed by atoms with van der Waals surface area (Å²) in [4.78, 5) is 10.1. The van der Waals surface area contributed by atoms with Crippen molar-refractivity contribution < 1.29 is 4.79 Å². The van der Waals surface area contributed by atoms with Crippen molar-refractivity contribution in [2.45, 2.75) is 6.42 Å². The van der Waals surface area contributed by atoms with Crippen molar-refractivity contribution in [2.24, 2.45) is 0 Å². The summed E-state index contributed by atoms with van der Waals surface area (Å²) in [7, 11) is 0. The highest BCUT2D eigenvalue weighted by Crippen LogP contribution is 2.03. The Balaban J connectivity index is 0.000000124. The molecular weight excluding hydrogens is 194 g/mol. The van der Waals surface area contributed by atoms with E-state index >= 15 is 0 Å². The van der Waals surface area contributed by atoms with Crippen molar-refractivity contribution in [3.8, 4) is 0 Å². The molecule has 1 aromatic heterocycles. The maximum Gasteiger partial charge on any atom is 0.235 e. The number of H-pyrrole nitrogens is 1. The number of benzene rings is 1. The highest BCUT2D eigenvalue weighted by atomic mass is 16.2.